The Labute approximate surface area is 124 Å². The third-order valence-electron chi connectivity index (χ3n) is 3.23. The van der Waals surface area contributed by atoms with Crippen LogP contribution in [0.1, 0.15) is 18.5 Å². The Morgan fingerprint density at radius 3 is 2.33 bits per heavy atom. The van der Waals surface area contributed by atoms with Gasteiger partial charge in [0.05, 0.1) is 5.69 Å². The Morgan fingerprint density at radius 2 is 1.67 bits per heavy atom. The minimum absolute atomic E-state index is 0.0375. The van der Waals surface area contributed by atoms with Gasteiger partial charge < -0.3 is 5.32 Å². The summed E-state index contributed by atoms with van der Waals surface area (Å²) in [6, 6.07) is 12.3. The van der Waals surface area contributed by atoms with E-state index in [1.54, 1.807) is 19.2 Å². The largest absolute Gasteiger partial charge is 0.313 e. The number of para-hydroxylation sites is 1. The molecule has 0 saturated carbocycles. The first-order valence-corrected chi connectivity index (χ1v) is 7.97. The lowest BCUT2D eigenvalue weighted by Crippen LogP contribution is -2.19. The Balaban J connectivity index is 2.41. The number of hydrogen-bond donors (Lipinski definition) is 2. The number of anilines is 1. The summed E-state index contributed by atoms with van der Waals surface area (Å²) in [5, 5.41) is 3.05. The van der Waals surface area contributed by atoms with Gasteiger partial charge in [0.15, 0.2) is 0 Å². The summed E-state index contributed by atoms with van der Waals surface area (Å²) in [7, 11) is -2.18. The van der Waals surface area contributed by atoms with Gasteiger partial charge in [0, 0.05) is 6.04 Å². The molecule has 0 radical (unpaired) electrons. The van der Waals surface area contributed by atoms with Crippen molar-refractivity contribution in [3.63, 3.8) is 0 Å². The number of sulfonamides is 1. The second-order valence-corrected chi connectivity index (χ2v) is 6.28. The highest BCUT2D eigenvalue weighted by Gasteiger charge is 2.20. The van der Waals surface area contributed by atoms with Gasteiger partial charge in [-0.25, -0.2) is 12.8 Å². The van der Waals surface area contributed by atoms with Crippen molar-refractivity contribution < 1.29 is 12.8 Å². The van der Waals surface area contributed by atoms with Crippen LogP contribution in [0.3, 0.4) is 0 Å². The van der Waals surface area contributed by atoms with Crippen LogP contribution in [-0.2, 0) is 10.0 Å². The van der Waals surface area contributed by atoms with Crippen molar-refractivity contribution in [1.82, 2.24) is 5.32 Å². The highest BCUT2D eigenvalue weighted by Crippen LogP contribution is 2.25. The van der Waals surface area contributed by atoms with Crippen molar-refractivity contribution in [2.75, 3.05) is 11.8 Å². The van der Waals surface area contributed by atoms with Crippen molar-refractivity contribution in [1.29, 1.82) is 0 Å². The average Bonchev–Trinajstić information content (AvgIpc) is 2.47. The molecule has 0 aromatic heterocycles. The van der Waals surface area contributed by atoms with Crippen LogP contribution >= 0.6 is 0 Å². The first-order valence-electron chi connectivity index (χ1n) is 6.49. The second-order valence-electron chi connectivity index (χ2n) is 4.63. The molecule has 0 aliphatic rings. The number of nitrogens with one attached hydrogen (secondary N) is 2. The molecule has 0 amide bonds. The van der Waals surface area contributed by atoms with Crippen LogP contribution in [0.5, 0.6) is 0 Å². The van der Waals surface area contributed by atoms with E-state index >= 15 is 0 Å². The van der Waals surface area contributed by atoms with Gasteiger partial charge >= 0.3 is 0 Å². The normalized spacial score (nSPS) is 12.9. The fraction of sp³-hybridized carbons (Fsp3) is 0.200. The molecule has 0 heterocycles. The number of halogens is 1. The summed E-state index contributed by atoms with van der Waals surface area (Å²) in [4.78, 5) is -0.364. The van der Waals surface area contributed by atoms with Gasteiger partial charge in [-0.1, -0.05) is 30.3 Å². The van der Waals surface area contributed by atoms with Gasteiger partial charge in [0.2, 0.25) is 0 Å². The van der Waals surface area contributed by atoms with E-state index in [1.165, 1.54) is 18.2 Å². The second kappa shape index (κ2) is 6.24. The quantitative estimate of drug-likeness (QED) is 0.893. The topological polar surface area (TPSA) is 58.2 Å². The van der Waals surface area contributed by atoms with Gasteiger partial charge in [-0.2, -0.15) is 0 Å². The molecule has 0 fully saturated rings. The zero-order chi connectivity index (χ0) is 15.5. The summed E-state index contributed by atoms with van der Waals surface area (Å²) >= 11 is 0. The third kappa shape index (κ3) is 3.40. The van der Waals surface area contributed by atoms with Gasteiger partial charge in [-0.15, -0.1) is 0 Å². The zero-order valence-electron chi connectivity index (χ0n) is 11.8. The first-order chi connectivity index (χ1) is 9.95. The lowest BCUT2D eigenvalue weighted by atomic mass is 10.1. The summed E-state index contributed by atoms with van der Waals surface area (Å²) in [5.74, 6) is -0.774. The Hall–Kier alpha value is -1.92. The van der Waals surface area contributed by atoms with Crippen LogP contribution in [0.4, 0.5) is 10.1 Å². The van der Waals surface area contributed by atoms with E-state index in [2.05, 4.69) is 10.0 Å². The van der Waals surface area contributed by atoms with Crippen molar-refractivity contribution in [3.05, 3.63) is 59.9 Å². The van der Waals surface area contributed by atoms with Crippen molar-refractivity contribution in [2.24, 2.45) is 0 Å². The Bertz CT molecular complexity index is 732. The third-order valence-corrected chi connectivity index (χ3v) is 4.63. The zero-order valence-corrected chi connectivity index (χ0v) is 12.6. The standard InChI is InChI=1S/C15H17FN2O2S/c1-11(17-2)12-7-3-5-9-14(12)18-21(19,20)15-10-6-4-8-13(15)16/h3-11,17-18H,1-2H3. The van der Waals surface area contributed by atoms with Crippen LogP contribution in [0.15, 0.2) is 53.4 Å². The van der Waals surface area contributed by atoms with Gasteiger partial charge in [-0.05, 0) is 37.7 Å². The van der Waals surface area contributed by atoms with E-state index in [0.29, 0.717) is 5.69 Å². The van der Waals surface area contributed by atoms with Crippen LogP contribution in [-0.4, -0.2) is 15.5 Å². The fourth-order valence-corrected chi connectivity index (χ4v) is 3.15. The number of hydrogen-bond acceptors (Lipinski definition) is 3. The SMILES string of the molecule is CNC(C)c1ccccc1NS(=O)(=O)c1ccccc1F. The van der Waals surface area contributed by atoms with Crippen LogP contribution < -0.4 is 10.0 Å². The van der Waals surface area contributed by atoms with Gasteiger partial charge in [-0.3, -0.25) is 4.72 Å². The summed E-state index contributed by atoms with van der Waals surface area (Å²) in [6.45, 7) is 1.91. The molecule has 1 atom stereocenters. The van der Waals surface area contributed by atoms with Crippen LogP contribution in [0.25, 0.3) is 0 Å². The maximum atomic E-state index is 13.7. The Kier molecular flexibility index (Phi) is 4.59. The lowest BCUT2D eigenvalue weighted by Gasteiger charge is -2.17. The summed E-state index contributed by atoms with van der Waals surface area (Å²) in [6.07, 6.45) is 0. The molecule has 4 nitrogen and oxygen atoms in total. The Morgan fingerprint density at radius 1 is 1.05 bits per heavy atom. The van der Waals surface area contributed by atoms with E-state index in [-0.39, 0.29) is 10.9 Å². The van der Waals surface area contributed by atoms with Crippen LogP contribution in [0, 0.1) is 5.82 Å². The summed E-state index contributed by atoms with van der Waals surface area (Å²) < 4.78 is 40.8. The molecular weight excluding hydrogens is 291 g/mol. The predicted molar refractivity (Wildman–Crippen MR) is 81.1 cm³/mol. The average molecular weight is 308 g/mol. The van der Waals surface area contributed by atoms with Crippen LogP contribution in [0.2, 0.25) is 0 Å². The molecule has 6 heteroatoms. The summed E-state index contributed by atoms with van der Waals surface area (Å²) in [5.41, 5.74) is 1.22. The minimum atomic E-state index is -3.96. The highest BCUT2D eigenvalue weighted by atomic mass is 32.2. The smallest absolute Gasteiger partial charge is 0.264 e. The molecule has 0 spiro atoms. The first kappa shape index (κ1) is 15.5. The monoisotopic (exact) mass is 308 g/mol. The fourth-order valence-electron chi connectivity index (χ4n) is 1.99. The predicted octanol–water partition coefficient (Wildman–Crippen LogP) is 2.91. The van der Waals surface area contributed by atoms with Gasteiger partial charge in [0.25, 0.3) is 10.0 Å². The number of rotatable bonds is 5. The lowest BCUT2D eigenvalue weighted by molar-refractivity contribution is 0.570. The molecule has 1 unspecified atom stereocenters. The molecular formula is C15H17FN2O2S. The van der Waals surface area contributed by atoms with Crippen molar-refractivity contribution in [3.8, 4) is 0 Å². The van der Waals surface area contributed by atoms with Gasteiger partial charge in [0.1, 0.15) is 10.7 Å². The van der Waals surface area contributed by atoms with E-state index < -0.39 is 15.8 Å². The molecule has 21 heavy (non-hydrogen) atoms. The maximum Gasteiger partial charge on any atom is 0.264 e. The van der Waals surface area contributed by atoms with E-state index in [9.17, 15) is 12.8 Å². The highest BCUT2D eigenvalue weighted by molar-refractivity contribution is 7.92. The molecule has 0 saturated heterocycles. The van der Waals surface area contributed by atoms with E-state index in [4.69, 9.17) is 0 Å². The maximum absolute atomic E-state index is 13.7. The molecule has 2 aromatic carbocycles. The molecule has 0 aliphatic heterocycles. The van der Waals surface area contributed by atoms with Crippen molar-refractivity contribution in [2.45, 2.75) is 17.9 Å². The molecule has 2 aromatic rings. The van der Waals surface area contributed by atoms with E-state index in [1.807, 2.05) is 19.1 Å². The molecule has 0 aliphatic carbocycles. The molecule has 0 bridgehead atoms. The minimum Gasteiger partial charge on any atom is -0.313 e. The molecule has 112 valence electrons. The number of benzene rings is 2. The van der Waals surface area contributed by atoms with Crippen molar-refractivity contribution >= 4 is 15.7 Å². The van der Waals surface area contributed by atoms with E-state index in [0.717, 1.165) is 11.6 Å². The molecule has 2 N–H and O–H groups in total. The molecule has 2 rings (SSSR count).